The Bertz CT molecular complexity index is 485. The molecule has 0 saturated heterocycles. The number of thiophene rings is 1. The van der Waals surface area contributed by atoms with E-state index in [1.807, 2.05) is 11.3 Å². The van der Waals surface area contributed by atoms with Gasteiger partial charge in [-0.3, -0.25) is 9.69 Å². The SMILES string of the molecule is CCC1CCC(C(=O)O)C(N2CCc3sccc3C2)C1. The predicted molar refractivity (Wildman–Crippen MR) is 81.0 cm³/mol. The van der Waals surface area contributed by atoms with Gasteiger partial charge in [0.25, 0.3) is 0 Å². The van der Waals surface area contributed by atoms with Crippen LogP contribution in [-0.4, -0.2) is 28.6 Å². The standard InChI is InChI=1S/C16H23NO2S/c1-2-11-3-4-13(16(18)19)14(9-11)17-7-5-15-12(10-17)6-8-20-15/h6,8,11,13-14H,2-5,7,9-10H2,1H3,(H,18,19). The predicted octanol–water partition coefficient (Wildman–Crippen LogP) is 3.39. The van der Waals surface area contributed by atoms with Gasteiger partial charge in [0, 0.05) is 24.0 Å². The van der Waals surface area contributed by atoms with E-state index in [0.717, 1.165) is 38.8 Å². The molecule has 1 fully saturated rings. The van der Waals surface area contributed by atoms with E-state index in [0.29, 0.717) is 5.92 Å². The molecule has 3 atom stereocenters. The fourth-order valence-corrected chi connectivity index (χ4v) is 4.74. The van der Waals surface area contributed by atoms with Gasteiger partial charge in [-0.05, 0) is 48.6 Å². The molecule has 0 amide bonds. The van der Waals surface area contributed by atoms with Crippen molar-refractivity contribution in [1.82, 2.24) is 4.90 Å². The lowest BCUT2D eigenvalue weighted by atomic mass is 9.76. The average molecular weight is 293 g/mol. The van der Waals surface area contributed by atoms with Crippen LogP contribution in [0.5, 0.6) is 0 Å². The number of nitrogens with zero attached hydrogens (tertiary/aromatic N) is 1. The molecule has 1 N–H and O–H groups in total. The summed E-state index contributed by atoms with van der Waals surface area (Å²) >= 11 is 1.84. The van der Waals surface area contributed by atoms with E-state index in [4.69, 9.17) is 0 Å². The summed E-state index contributed by atoms with van der Waals surface area (Å²) in [4.78, 5) is 15.5. The van der Waals surface area contributed by atoms with Crippen LogP contribution in [-0.2, 0) is 17.8 Å². The molecule has 0 radical (unpaired) electrons. The van der Waals surface area contributed by atoms with Gasteiger partial charge in [-0.25, -0.2) is 0 Å². The van der Waals surface area contributed by atoms with E-state index in [1.54, 1.807) is 0 Å². The Morgan fingerprint density at radius 2 is 2.35 bits per heavy atom. The molecule has 1 aliphatic carbocycles. The maximum absolute atomic E-state index is 11.6. The maximum atomic E-state index is 11.6. The van der Waals surface area contributed by atoms with Crippen LogP contribution in [0.3, 0.4) is 0 Å². The van der Waals surface area contributed by atoms with Gasteiger partial charge in [0.2, 0.25) is 0 Å². The number of fused-ring (bicyclic) bond motifs is 1. The third-order valence-corrected chi connectivity index (χ3v) is 6.15. The van der Waals surface area contributed by atoms with Crippen LogP contribution >= 0.6 is 11.3 Å². The van der Waals surface area contributed by atoms with Crippen molar-refractivity contribution in [3.05, 3.63) is 21.9 Å². The van der Waals surface area contributed by atoms with Crippen LogP contribution in [0, 0.1) is 11.8 Å². The molecular weight excluding hydrogens is 270 g/mol. The molecule has 0 aromatic carbocycles. The summed E-state index contributed by atoms with van der Waals surface area (Å²) in [7, 11) is 0. The van der Waals surface area contributed by atoms with Gasteiger partial charge >= 0.3 is 5.97 Å². The van der Waals surface area contributed by atoms with Crippen molar-refractivity contribution in [1.29, 1.82) is 0 Å². The van der Waals surface area contributed by atoms with Crippen LogP contribution in [0.2, 0.25) is 0 Å². The molecule has 3 unspecified atom stereocenters. The summed E-state index contributed by atoms with van der Waals surface area (Å²) in [5.74, 6) is -0.0573. The minimum Gasteiger partial charge on any atom is -0.481 e. The minimum absolute atomic E-state index is 0.169. The summed E-state index contributed by atoms with van der Waals surface area (Å²) in [5.41, 5.74) is 1.42. The first-order valence-electron chi connectivity index (χ1n) is 7.71. The fraction of sp³-hybridized carbons (Fsp3) is 0.688. The van der Waals surface area contributed by atoms with Gasteiger partial charge < -0.3 is 5.11 Å². The van der Waals surface area contributed by atoms with Crippen molar-refractivity contribution < 1.29 is 9.90 Å². The number of carbonyl (C=O) groups is 1. The van der Waals surface area contributed by atoms with E-state index in [2.05, 4.69) is 23.3 Å². The fourth-order valence-electron chi connectivity index (χ4n) is 3.85. The Morgan fingerprint density at radius 3 is 3.10 bits per heavy atom. The molecule has 1 aromatic rings. The summed E-state index contributed by atoms with van der Waals surface area (Å²) in [6, 6.07) is 2.45. The maximum Gasteiger partial charge on any atom is 0.308 e. The zero-order chi connectivity index (χ0) is 14.1. The molecule has 2 heterocycles. The Morgan fingerprint density at radius 1 is 1.50 bits per heavy atom. The molecule has 3 nitrogen and oxygen atoms in total. The number of aliphatic carboxylic acids is 1. The third kappa shape index (κ3) is 2.63. The van der Waals surface area contributed by atoms with Crippen molar-refractivity contribution in [2.24, 2.45) is 11.8 Å². The van der Waals surface area contributed by atoms with Crippen LogP contribution in [0.15, 0.2) is 11.4 Å². The molecule has 20 heavy (non-hydrogen) atoms. The highest BCUT2D eigenvalue weighted by Crippen LogP contribution is 2.37. The first-order chi connectivity index (χ1) is 9.69. The Hall–Kier alpha value is -0.870. The van der Waals surface area contributed by atoms with Crippen LogP contribution in [0.25, 0.3) is 0 Å². The lowest BCUT2D eigenvalue weighted by molar-refractivity contribution is -0.146. The molecular formula is C16H23NO2S. The Balaban J connectivity index is 1.77. The zero-order valence-electron chi connectivity index (χ0n) is 12.0. The van der Waals surface area contributed by atoms with Gasteiger partial charge in [-0.15, -0.1) is 11.3 Å². The van der Waals surface area contributed by atoms with E-state index < -0.39 is 5.97 Å². The molecule has 1 aromatic heterocycles. The average Bonchev–Trinajstić information content (AvgIpc) is 2.93. The normalized spacial score (nSPS) is 30.9. The van der Waals surface area contributed by atoms with Crippen LogP contribution in [0.4, 0.5) is 0 Å². The van der Waals surface area contributed by atoms with Gasteiger partial charge in [0.1, 0.15) is 0 Å². The molecule has 0 spiro atoms. The van der Waals surface area contributed by atoms with Crippen molar-refractivity contribution >= 4 is 17.3 Å². The van der Waals surface area contributed by atoms with Gasteiger partial charge in [-0.2, -0.15) is 0 Å². The molecule has 0 bridgehead atoms. The van der Waals surface area contributed by atoms with Crippen molar-refractivity contribution in [3.8, 4) is 0 Å². The summed E-state index contributed by atoms with van der Waals surface area (Å²) < 4.78 is 0. The Labute approximate surface area is 124 Å². The second-order valence-electron chi connectivity index (χ2n) is 6.19. The number of rotatable bonds is 3. The first-order valence-corrected chi connectivity index (χ1v) is 8.59. The smallest absolute Gasteiger partial charge is 0.308 e. The second kappa shape index (κ2) is 5.86. The van der Waals surface area contributed by atoms with Gasteiger partial charge in [-0.1, -0.05) is 13.3 Å². The minimum atomic E-state index is -0.597. The quantitative estimate of drug-likeness (QED) is 0.928. The Kier molecular flexibility index (Phi) is 4.13. The highest BCUT2D eigenvalue weighted by atomic mass is 32.1. The van der Waals surface area contributed by atoms with E-state index in [1.165, 1.54) is 16.9 Å². The zero-order valence-corrected chi connectivity index (χ0v) is 12.9. The van der Waals surface area contributed by atoms with E-state index in [-0.39, 0.29) is 12.0 Å². The third-order valence-electron chi connectivity index (χ3n) is 5.13. The van der Waals surface area contributed by atoms with E-state index >= 15 is 0 Å². The molecule has 3 rings (SSSR count). The molecule has 110 valence electrons. The highest BCUT2D eigenvalue weighted by Gasteiger charge is 2.38. The number of hydrogen-bond acceptors (Lipinski definition) is 3. The highest BCUT2D eigenvalue weighted by molar-refractivity contribution is 7.10. The van der Waals surface area contributed by atoms with Gasteiger partial charge in [0.05, 0.1) is 5.92 Å². The van der Waals surface area contributed by atoms with Crippen molar-refractivity contribution in [3.63, 3.8) is 0 Å². The lowest BCUT2D eigenvalue weighted by Gasteiger charge is -2.42. The first kappa shape index (κ1) is 14.1. The van der Waals surface area contributed by atoms with Crippen LogP contribution < -0.4 is 0 Å². The number of carboxylic acids is 1. The molecule has 2 aliphatic rings. The van der Waals surface area contributed by atoms with E-state index in [9.17, 15) is 9.90 Å². The van der Waals surface area contributed by atoms with Gasteiger partial charge in [0.15, 0.2) is 0 Å². The summed E-state index contributed by atoms with van der Waals surface area (Å²) in [6.45, 7) is 4.21. The molecule has 1 aliphatic heterocycles. The van der Waals surface area contributed by atoms with Crippen LogP contribution in [0.1, 0.15) is 43.0 Å². The monoisotopic (exact) mass is 293 g/mol. The largest absolute Gasteiger partial charge is 0.481 e. The molecule has 4 heteroatoms. The second-order valence-corrected chi connectivity index (χ2v) is 7.19. The lowest BCUT2D eigenvalue weighted by Crippen LogP contribution is -2.48. The molecule has 1 saturated carbocycles. The van der Waals surface area contributed by atoms with Crippen molar-refractivity contribution in [2.45, 2.75) is 51.6 Å². The topological polar surface area (TPSA) is 40.5 Å². The summed E-state index contributed by atoms with van der Waals surface area (Å²) in [5, 5.41) is 11.7. The number of carboxylic acid groups (broad SMARTS) is 1. The number of hydrogen-bond donors (Lipinski definition) is 1. The summed E-state index contributed by atoms with van der Waals surface area (Å²) in [6.07, 6.45) is 5.27. The van der Waals surface area contributed by atoms with Crippen molar-refractivity contribution in [2.75, 3.05) is 6.54 Å².